The maximum Gasteiger partial charge on any atom is 0.357 e. The van der Waals surface area contributed by atoms with Crippen LogP contribution in [0, 0.1) is 0 Å². The minimum atomic E-state index is -3.56. The molecule has 1 heterocycles. The first-order valence-electron chi connectivity index (χ1n) is 6.67. The van der Waals surface area contributed by atoms with Gasteiger partial charge in [0.2, 0.25) is 0 Å². The lowest BCUT2D eigenvalue weighted by Crippen LogP contribution is -2.34. The molecule has 0 unspecified atom stereocenters. The number of carbonyl (C=O) groups excluding carboxylic acids is 1. The summed E-state index contributed by atoms with van der Waals surface area (Å²) in [4.78, 5) is 11.2. The highest BCUT2D eigenvalue weighted by Crippen LogP contribution is 2.54. The highest BCUT2D eigenvalue weighted by molar-refractivity contribution is 7.54. The van der Waals surface area contributed by atoms with Crippen molar-refractivity contribution in [2.75, 3.05) is 13.2 Å². The number of rotatable bonds is 9. The van der Waals surface area contributed by atoms with Crippen LogP contribution in [-0.2, 0) is 13.6 Å². The number of unbranched alkanes of at least 4 members (excludes halogenated alkanes) is 2. The van der Waals surface area contributed by atoms with Crippen molar-refractivity contribution in [2.24, 2.45) is 0 Å². The van der Waals surface area contributed by atoms with E-state index in [2.05, 4.69) is 10.6 Å². The average Bonchev–Trinajstić information content (AvgIpc) is 2.70. The monoisotopic (exact) mass is 294 g/mol. The predicted molar refractivity (Wildman–Crippen MR) is 70.8 cm³/mol. The zero-order valence-corrected chi connectivity index (χ0v) is 12.3. The summed E-state index contributed by atoms with van der Waals surface area (Å²) in [6.45, 7) is 4.53. The number of aliphatic hydroxyl groups is 1. The molecular weight excluding hydrogens is 271 g/mol. The zero-order valence-electron chi connectivity index (χ0n) is 11.4. The Balaban J connectivity index is 2.66. The fraction of sp³-hybridized carbons (Fsp3) is 0.909. The molecular formula is C11H23N2O5P. The van der Waals surface area contributed by atoms with Crippen LogP contribution in [0.25, 0.3) is 0 Å². The van der Waals surface area contributed by atoms with Gasteiger partial charge in [0.1, 0.15) is 0 Å². The maximum absolute atomic E-state index is 12.7. The number of hydrogen-bond acceptors (Lipinski definition) is 5. The van der Waals surface area contributed by atoms with Gasteiger partial charge in [-0.3, -0.25) is 4.57 Å². The summed E-state index contributed by atoms with van der Waals surface area (Å²) in [6, 6.07) is -0.573. The second-order valence-corrected chi connectivity index (χ2v) is 6.57. The third-order valence-electron chi connectivity index (χ3n) is 2.74. The molecule has 0 aromatic heterocycles. The van der Waals surface area contributed by atoms with Crippen molar-refractivity contribution in [3.05, 3.63) is 0 Å². The Morgan fingerprint density at radius 1 is 1.16 bits per heavy atom. The van der Waals surface area contributed by atoms with E-state index in [-0.39, 0.29) is 13.2 Å². The van der Waals surface area contributed by atoms with Gasteiger partial charge in [-0.1, -0.05) is 26.7 Å². The Morgan fingerprint density at radius 2 is 1.68 bits per heavy atom. The molecule has 3 N–H and O–H groups in total. The molecule has 2 amide bonds. The van der Waals surface area contributed by atoms with Crippen molar-refractivity contribution < 1.29 is 23.5 Å². The fourth-order valence-corrected chi connectivity index (χ4v) is 3.45. The van der Waals surface area contributed by atoms with E-state index in [0.717, 1.165) is 25.7 Å². The maximum atomic E-state index is 12.7. The van der Waals surface area contributed by atoms with Crippen molar-refractivity contribution in [3.8, 4) is 0 Å². The predicted octanol–water partition coefficient (Wildman–Crippen LogP) is 1.77. The van der Waals surface area contributed by atoms with Gasteiger partial charge in [0.05, 0.1) is 13.2 Å². The Kier molecular flexibility index (Phi) is 6.79. The highest BCUT2D eigenvalue weighted by Gasteiger charge is 2.46. The Labute approximate surface area is 113 Å². The summed E-state index contributed by atoms with van der Waals surface area (Å²) in [6.07, 6.45) is 2.01. The van der Waals surface area contributed by atoms with Crippen molar-refractivity contribution >= 4 is 13.6 Å². The fourth-order valence-electron chi connectivity index (χ4n) is 1.59. The second kappa shape index (κ2) is 7.85. The van der Waals surface area contributed by atoms with Crippen LogP contribution in [0.2, 0.25) is 0 Å². The molecule has 0 bridgehead atoms. The molecule has 1 fully saturated rings. The van der Waals surface area contributed by atoms with Gasteiger partial charge in [-0.15, -0.1) is 0 Å². The lowest BCUT2D eigenvalue weighted by atomic mass is 10.4. The minimum Gasteiger partial charge on any atom is -0.371 e. The Morgan fingerprint density at radius 3 is 2.05 bits per heavy atom. The molecule has 1 rings (SSSR count). The molecule has 8 heteroatoms. The highest BCUT2D eigenvalue weighted by atomic mass is 31.2. The van der Waals surface area contributed by atoms with Crippen molar-refractivity contribution in [1.82, 2.24) is 10.6 Å². The minimum absolute atomic E-state index is 0.277. The number of aliphatic hydroxyl groups excluding tert-OH is 1. The van der Waals surface area contributed by atoms with E-state index < -0.39 is 25.6 Å². The number of amides is 2. The summed E-state index contributed by atoms with van der Waals surface area (Å²) < 4.78 is 23.3. The number of nitrogens with one attached hydrogen (secondary N) is 2. The van der Waals surface area contributed by atoms with Crippen LogP contribution in [0.1, 0.15) is 39.5 Å². The SMILES string of the molecule is CCCCOP(=O)(OCCCC)[C@@H]1NC(=O)N[C@@H]1O. The van der Waals surface area contributed by atoms with E-state index in [0.29, 0.717) is 0 Å². The van der Waals surface area contributed by atoms with E-state index in [1.165, 1.54) is 0 Å². The molecule has 2 atom stereocenters. The van der Waals surface area contributed by atoms with Crippen LogP contribution in [0.4, 0.5) is 4.79 Å². The van der Waals surface area contributed by atoms with Crippen LogP contribution in [0.5, 0.6) is 0 Å². The van der Waals surface area contributed by atoms with Crippen LogP contribution < -0.4 is 10.6 Å². The molecule has 1 aliphatic rings. The molecule has 0 aromatic rings. The van der Waals surface area contributed by atoms with E-state index in [1.54, 1.807) is 0 Å². The van der Waals surface area contributed by atoms with Gasteiger partial charge in [0, 0.05) is 0 Å². The van der Waals surface area contributed by atoms with Crippen LogP contribution in [0.3, 0.4) is 0 Å². The van der Waals surface area contributed by atoms with Gasteiger partial charge >= 0.3 is 13.6 Å². The quantitative estimate of drug-likeness (QED) is 0.445. The normalized spacial score (nSPS) is 23.2. The molecule has 0 aromatic carbocycles. The van der Waals surface area contributed by atoms with Crippen molar-refractivity contribution in [3.63, 3.8) is 0 Å². The van der Waals surface area contributed by atoms with Crippen LogP contribution >= 0.6 is 7.60 Å². The van der Waals surface area contributed by atoms with Gasteiger partial charge < -0.3 is 24.8 Å². The number of urea groups is 1. The Hall–Kier alpha value is -0.620. The van der Waals surface area contributed by atoms with E-state index in [1.807, 2.05) is 13.8 Å². The molecule has 1 saturated heterocycles. The van der Waals surface area contributed by atoms with Crippen LogP contribution in [-0.4, -0.2) is 36.4 Å². The van der Waals surface area contributed by atoms with Gasteiger partial charge in [0.15, 0.2) is 12.0 Å². The summed E-state index contributed by atoms with van der Waals surface area (Å²) in [5.74, 6) is -1.05. The van der Waals surface area contributed by atoms with Crippen molar-refractivity contribution in [2.45, 2.75) is 51.5 Å². The first-order valence-corrected chi connectivity index (χ1v) is 8.28. The van der Waals surface area contributed by atoms with E-state index in [4.69, 9.17) is 9.05 Å². The average molecular weight is 294 g/mol. The molecule has 112 valence electrons. The number of carbonyl (C=O) groups is 1. The summed E-state index contributed by atoms with van der Waals surface area (Å²) >= 11 is 0. The third kappa shape index (κ3) is 4.76. The molecule has 1 aliphatic heterocycles. The topological polar surface area (TPSA) is 96.9 Å². The smallest absolute Gasteiger partial charge is 0.357 e. The lowest BCUT2D eigenvalue weighted by molar-refractivity contribution is 0.131. The van der Waals surface area contributed by atoms with Gasteiger partial charge in [-0.25, -0.2) is 4.79 Å². The second-order valence-electron chi connectivity index (χ2n) is 4.42. The molecule has 0 saturated carbocycles. The summed E-state index contributed by atoms with van der Waals surface area (Å²) in [7, 11) is -3.56. The molecule has 0 aliphatic carbocycles. The van der Waals surface area contributed by atoms with Gasteiger partial charge in [-0.2, -0.15) is 0 Å². The number of hydrogen-bond donors (Lipinski definition) is 3. The van der Waals surface area contributed by atoms with Crippen molar-refractivity contribution in [1.29, 1.82) is 0 Å². The first kappa shape index (κ1) is 16.4. The summed E-state index contributed by atoms with van der Waals surface area (Å²) in [5, 5.41) is 14.3. The van der Waals surface area contributed by atoms with E-state index >= 15 is 0 Å². The third-order valence-corrected chi connectivity index (χ3v) is 4.91. The molecule has 19 heavy (non-hydrogen) atoms. The molecule has 0 radical (unpaired) electrons. The van der Waals surface area contributed by atoms with Gasteiger partial charge in [-0.05, 0) is 12.8 Å². The standard InChI is InChI=1S/C11H23N2O5P/c1-3-5-7-17-19(16,18-8-6-4-2)10-9(14)12-11(15)13-10/h9-10,14H,3-8H2,1-2H3,(H2,12,13,15)/t9-,10+/m1/s1. The molecule has 0 spiro atoms. The first-order chi connectivity index (χ1) is 9.03. The van der Waals surface area contributed by atoms with E-state index in [9.17, 15) is 14.5 Å². The van der Waals surface area contributed by atoms with Gasteiger partial charge in [0.25, 0.3) is 0 Å². The zero-order chi connectivity index (χ0) is 14.3. The molecule has 7 nitrogen and oxygen atoms in total. The van der Waals surface area contributed by atoms with Crippen LogP contribution in [0.15, 0.2) is 0 Å². The summed E-state index contributed by atoms with van der Waals surface area (Å²) in [5.41, 5.74) is 0. The lowest BCUT2D eigenvalue weighted by Gasteiger charge is -2.25. The largest absolute Gasteiger partial charge is 0.371 e. The Bertz CT molecular complexity index is 325.